The molecule has 3 aromatic carbocycles. The van der Waals surface area contributed by atoms with Crippen molar-refractivity contribution in [2.24, 2.45) is 0 Å². The molecule has 0 saturated carbocycles. The van der Waals surface area contributed by atoms with Gasteiger partial charge in [-0.25, -0.2) is 0 Å². The van der Waals surface area contributed by atoms with Crippen LogP contribution in [0.2, 0.25) is 0 Å². The molecule has 1 aliphatic carbocycles. The number of hydrogen-bond donors (Lipinski definition) is 0. The molecule has 1 aliphatic rings. The molecule has 0 N–H and O–H groups in total. The van der Waals surface area contributed by atoms with Crippen LogP contribution >= 0.6 is 11.8 Å². The number of rotatable bonds is 6. The van der Waals surface area contributed by atoms with E-state index in [4.69, 9.17) is 0 Å². The van der Waals surface area contributed by atoms with Crippen molar-refractivity contribution in [3.63, 3.8) is 0 Å². The van der Waals surface area contributed by atoms with Crippen LogP contribution in [0, 0.1) is 0 Å². The summed E-state index contributed by atoms with van der Waals surface area (Å²) in [5.41, 5.74) is 4.24. The highest BCUT2D eigenvalue weighted by Crippen LogP contribution is 2.42. The number of hydrogen-bond acceptors (Lipinski definition) is 1. The number of benzene rings is 3. The molecule has 0 fully saturated rings. The SMILES string of the molecule is FCCc1cc(C(F)(F)F)ccc1C1CCc2cc(SCc3ccccc3)ccc21. The molecule has 0 spiro atoms. The van der Waals surface area contributed by atoms with E-state index in [1.807, 2.05) is 18.2 Å². The van der Waals surface area contributed by atoms with Crippen molar-refractivity contribution in [2.75, 3.05) is 6.67 Å². The van der Waals surface area contributed by atoms with Crippen molar-refractivity contribution in [2.45, 2.75) is 42.0 Å². The maximum Gasteiger partial charge on any atom is 0.416 e. The maximum atomic E-state index is 13.1. The summed E-state index contributed by atoms with van der Waals surface area (Å²) in [6, 6.07) is 20.4. The molecule has 0 amide bonds. The summed E-state index contributed by atoms with van der Waals surface area (Å²) in [6.45, 7) is -0.664. The standard InChI is InChI=1S/C25H22F4S/c26-13-12-19-14-20(25(27,28)29)7-10-22(19)24-9-6-18-15-21(8-11-23(18)24)30-16-17-4-2-1-3-5-17/h1-5,7-8,10-11,14-15,24H,6,9,12-13,16H2. The van der Waals surface area contributed by atoms with E-state index in [0.29, 0.717) is 5.56 Å². The van der Waals surface area contributed by atoms with Gasteiger partial charge in [-0.05, 0) is 64.9 Å². The van der Waals surface area contributed by atoms with Gasteiger partial charge in [-0.2, -0.15) is 13.2 Å². The summed E-state index contributed by atoms with van der Waals surface area (Å²) in [5, 5.41) is 0. The van der Waals surface area contributed by atoms with E-state index in [-0.39, 0.29) is 12.3 Å². The van der Waals surface area contributed by atoms with Gasteiger partial charge in [0.2, 0.25) is 0 Å². The number of alkyl halides is 4. The van der Waals surface area contributed by atoms with Crippen LogP contribution in [-0.4, -0.2) is 6.67 Å². The molecule has 4 rings (SSSR count). The third-order valence-corrected chi connectivity index (χ3v) is 6.72. The van der Waals surface area contributed by atoms with Crippen LogP contribution in [0.5, 0.6) is 0 Å². The van der Waals surface area contributed by atoms with Crippen LogP contribution in [0.25, 0.3) is 0 Å². The van der Waals surface area contributed by atoms with Gasteiger partial charge < -0.3 is 0 Å². The Bertz CT molecular complexity index is 1010. The fourth-order valence-electron chi connectivity index (χ4n) is 4.19. The van der Waals surface area contributed by atoms with Crippen LogP contribution < -0.4 is 0 Å². The molecule has 0 radical (unpaired) electrons. The van der Waals surface area contributed by atoms with Gasteiger partial charge in [-0.15, -0.1) is 11.8 Å². The lowest BCUT2D eigenvalue weighted by Crippen LogP contribution is -2.09. The molecule has 0 nitrogen and oxygen atoms in total. The number of aryl methyl sites for hydroxylation is 2. The first-order chi connectivity index (χ1) is 14.5. The highest BCUT2D eigenvalue weighted by atomic mass is 32.2. The van der Waals surface area contributed by atoms with Crippen LogP contribution in [0.4, 0.5) is 17.6 Å². The molecule has 1 atom stereocenters. The third kappa shape index (κ3) is 4.56. The summed E-state index contributed by atoms with van der Waals surface area (Å²) in [5.74, 6) is 0.916. The van der Waals surface area contributed by atoms with Gasteiger partial charge in [-0.1, -0.05) is 42.5 Å². The lowest BCUT2D eigenvalue weighted by molar-refractivity contribution is -0.137. The molecule has 156 valence electrons. The van der Waals surface area contributed by atoms with Crippen molar-refractivity contribution in [1.82, 2.24) is 0 Å². The van der Waals surface area contributed by atoms with Crippen molar-refractivity contribution in [1.29, 1.82) is 0 Å². The molecule has 0 aromatic heterocycles. The first-order valence-electron chi connectivity index (χ1n) is 10.0. The molecule has 0 bridgehead atoms. The van der Waals surface area contributed by atoms with Gasteiger partial charge in [0.15, 0.2) is 0 Å². The maximum absolute atomic E-state index is 13.1. The fourth-order valence-corrected chi connectivity index (χ4v) is 5.10. The Morgan fingerprint density at radius 1 is 0.900 bits per heavy atom. The first-order valence-corrected chi connectivity index (χ1v) is 11.0. The second-order valence-corrected chi connectivity index (χ2v) is 8.63. The van der Waals surface area contributed by atoms with E-state index < -0.39 is 18.4 Å². The topological polar surface area (TPSA) is 0 Å². The summed E-state index contributed by atoms with van der Waals surface area (Å²) in [4.78, 5) is 1.19. The predicted molar refractivity (Wildman–Crippen MR) is 114 cm³/mol. The largest absolute Gasteiger partial charge is 0.416 e. The Balaban J connectivity index is 1.57. The van der Waals surface area contributed by atoms with Gasteiger partial charge in [0, 0.05) is 23.0 Å². The lowest BCUT2D eigenvalue weighted by Gasteiger charge is -2.19. The normalized spacial score (nSPS) is 15.9. The quantitative estimate of drug-likeness (QED) is 0.287. The van der Waals surface area contributed by atoms with Crippen LogP contribution in [0.15, 0.2) is 71.6 Å². The molecule has 0 heterocycles. The number of thioether (sulfide) groups is 1. The highest BCUT2D eigenvalue weighted by Gasteiger charge is 2.32. The van der Waals surface area contributed by atoms with E-state index in [2.05, 4.69) is 30.3 Å². The molecule has 5 heteroatoms. The van der Waals surface area contributed by atoms with Crippen molar-refractivity contribution < 1.29 is 17.6 Å². The monoisotopic (exact) mass is 430 g/mol. The summed E-state index contributed by atoms with van der Waals surface area (Å²) < 4.78 is 52.4. The van der Waals surface area contributed by atoms with Gasteiger partial charge in [-0.3, -0.25) is 4.39 Å². The van der Waals surface area contributed by atoms with E-state index in [1.54, 1.807) is 17.8 Å². The molecule has 0 aliphatic heterocycles. The molecular formula is C25H22F4S. The Kier molecular flexibility index (Phi) is 6.19. The molecule has 1 unspecified atom stereocenters. The molecular weight excluding hydrogens is 408 g/mol. The Labute approximate surface area is 178 Å². The minimum atomic E-state index is -4.41. The number of halogens is 4. The van der Waals surface area contributed by atoms with Gasteiger partial charge >= 0.3 is 6.18 Å². The van der Waals surface area contributed by atoms with E-state index >= 15 is 0 Å². The van der Waals surface area contributed by atoms with Crippen LogP contribution in [-0.2, 0) is 24.8 Å². The zero-order chi connectivity index (χ0) is 21.1. The zero-order valence-corrected chi connectivity index (χ0v) is 17.2. The highest BCUT2D eigenvalue weighted by molar-refractivity contribution is 7.98. The summed E-state index contributed by atoms with van der Waals surface area (Å²) in [6.07, 6.45) is -2.68. The van der Waals surface area contributed by atoms with Crippen LogP contribution in [0.3, 0.4) is 0 Å². The molecule has 30 heavy (non-hydrogen) atoms. The molecule has 0 saturated heterocycles. The smallest absolute Gasteiger partial charge is 0.251 e. The first kappa shape index (κ1) is 21.0. The van der Waals surface area contributed by atoms with Gasteiger partial charge in [0.05, 0.1) is 12.2 Å². The van der Waals surface area contributed by atoms with Gasteiger partial charge in [0.25, 0.3) is 0 Å². The average Bonchev–Trinajstić information content (AvgIpc) is 3.15. The second-order valence-electron chi connectivity index (χ2n) is 7.58. The Hall–Kier alpha value is -2.27. The third-order valence-electron chi connectivity index (χ3n) is 5.65. The lowest BCUT2D eigenvalue weighted by atomic mass is 9.87. The van der Waals surface area contributed by atoms with Crippen molar-refractivity contribution in [3.8, 4) is 0 Å². The zero-order valence-electron chi connectivity index (χ0n) is 16.4. The van der Waals surface area contributed by atoms with E-state index in [9.17, 15) is 17.6 Å². The van der Waals surface area contributed by atoms with E-state index in [0.717, 1.165) is 41.9 Å². The average molecular weight is 431 g/mol. The van der Waals surface area contributed by atoms with Crippen LogP contribution in [0.1, 0.15) is 45.7 Å². The summed E-state index contributed by atoms with van der Waals surface area (Å²) >= 11 is 1.78. The fraction of sp³-hybridized carbons (Fsp3) is 0.280. The minimum Gasteiger partial charge on any atom is -0.251 e. The van der Waals surface area contributed by atoms with Crippen molar-refractivity contribution >= 4 is 11.8 Å². The minimum absolute atomic E-state index is 0.0100. The number of fused-ring (bicyclic) bond motifs is 1. The second kappa shape index (κ2) is 8.84. The summed E-state index contributed by atoms with van der Waals surface area (Å²) in [7, 11) is 0. The molecule has 3 aromatic rings. The predicted octanol–water partition coefficient (Wildman–Crippen LogP) is 7.59. The van der Waals surface area contributed by atoms with E-state index in [1.165, 1.54) is 16.0 Å². The Morgan fingerprint density at radius 2 is 1.67 bits per heavy atom. The van der Waals surface area contributed by atoms with Crippen molar-refractivity contribution in [3.05, 3.63) is 100 Å². The van der Waals surface area contributed by atoms with Gasteiger partial charge in [0.1, 0.15) is 0 Å². The Morgan fingerprint density at radius 3 is 2.40 bits per heavy atom.